The molecule has 1 aromatic heterocycles. The number of anilines is 1. The fourth-order valence-electron chi connectivity index (χ4n) is 3.24. The molecule has 4 rings (SSSR count). The van der Waals surface area contributed by atoms with Crippen LogP contribution in [0.2, 0.25) is 0 Å². The van der Waals surface area contributed by atoms with E-state index in [1.54, 1.807) is 30.6 Å². The Morgan fingerprint density at radius 3 is 2.58 bits per heavy atom. The lowest BCUT2D eigenvalue weighted by molar-refractivity contribution is -0.137. The first kappa shape index (κ1) is 22.3. The van der Waals surface area contributed by atoms with Crippen molar-refractivity contribution in [3.05, 3.63) is 78.9 Å². The maximum absolute atomic E-state index is 14.3. The number of hydrogen-bond acceptors (Lipinski definition) is 5. The average Bonchev–Trinajstić information content (AvgIpc) is 3.22. The highest BCUT2D eigenvalue weighted by molar-refractivity contribution is 7.92. The Bertz CT molecular complexity index is 1400. The van der Waals surface area contributed by atoms with Gasteiger partial charge in [-0.3, -0.25) is 14.1 Å². The Balaban J connectivity index is 1.46. The molecular weight excluding hydrogens is 449 g/mol. The number of carbonyl (C=O) groups is 1. The van der Waals surface area contributed by atoms with Crippen LogP contribution >= 0.6 is 0 Å². The van der Waals surface area contributed by atoms with Gasteiger partial charge in [0.15, 0.2) is 11.6 Å². The number of sulfonamides is 1. The zero-order chi connectivity index (χ0) is 23.4. The Kier molecular flexibility index (Phi) is 6.27. The number of para-hydroxylation sites is 2. The van der Waals surface area contributed by atoms with E-state index in [2.05, 4.69) is 9.71 Å². The summed E-state index contributed by atoms with van der Waals surface area (Å²) >= 11 is 0. The second-order valence-corrected chi connectivity index (χ2v) is 8.88. The molecule has 0 radical (unpaired) electrons. The minimum Gasteiger partial charge on any atom is -0.491 e. The van der Waals surface area contributed by atoms with E-state index in [0.29, 0.717) is 5.69 Å². The van der Waals surface area contributed by atoms with Gasteiger partial charge in [0.05, 0.1) is 22.5 Å². The number of nitrogens with one attached hydrogen (secondary N) is 1. The number of hydrogen-bond donors (Lipinski definition) is 2. The molecule has 0 aliphatic rings. The number of fused-ring (bicyclic) bond motifs is 1. The molecule has 2 N–H and O–H groups in total. The largest absolute Gasteiger partial charge is 0.491 e. The summed E-state index contributed by atoms with van der Waals surface area (Å²) < 4.78 is 49.2. The summed E-state index contributed by atoms with van der Waals surface area (Å²) in [6, 6.07) is 17.7. The van der Waals surface area contributed by atoms with Gasteiger partial charge in [-0.1, -0.05) is 12.1 Å². The van der Waals surface area contributed by atoms with Crippen LogP contribution in [-0.2, 0) is 14.8 Å². The molecule has 1 heterocycles. The second-order valence-electron chi connectivity index (χ2n) is 7.19. The number of ether oxygens (including phenoxy) is 1. The van der Waals surface area contributed by atoms with E-state index >= 15 is 0 Å². The molecule has 33 heavy (non-hydrogen) atoms. The smallest absolute Gasteiger partial charge is 0.303 e. The molecule has 0 unspecified atom stereocenters. The molecule has 0 atom stereocenters. The quantitative estimate of drug-likeness (QED) is 0.355. The molecular formula is C23H20FN3O5S. The molecule has 0 aliphatic heterocycles. The van der Waals surface area contributed by atoms with Crippen molar-refractivity contribution in [2.24, 2.45) is 0 Å². The second kappa shape index (κ2) is 9.29. The Morgan fingerprint density at radius 1 is 1.09 bits per heavy atom. The Morgan fingerprint density at radius 2 is 1.85 bits per heavy atom. The first-order valence-electron chi connectivity index (χ1n) is 10.0. The maximum Gasteiger partial charge on any atom is 0.303 e. The van der Waals surface area contributed by atoms with Gasteiger partial charge >= 0.3 is 5.97 Å². The van der Waals surface area contributed by atoms with Crippen molar-refractivity contribution < 1.29 is 27.4 Å². The highest BCUT2D eigenvalue weighted by atomic mass is 32.2. The molecule has 8 nitrogen and oxygen atoms in total. The van der Waals surface area contributed by atoms with Crippen LogP contribution < -0.4 is 9.46 Å². The highest BCUT2D eigenvalue weighted by Crippen LogP contribution is 2.24. The standard InChI is InChI=1S/C23H20FN3O5S/c24-19-14-18(11-12-22(19)32-13-3-6-23(28)29)33(30,31)26-16-7-9-17(10-8-16)27-15-25-20-4-1-2-5-21(20)27/h1-2,4-5,7-12,14-15,26H,3,6,13H2,(H,28,29). The number of benzene rings is 3. The summed E-state index contributed by atoms with van der Waals surface area (Å²) in [4.78, 5) is 14.6. The fourth-order valence-corrected chi connectivity index (χ4v) is 4.31. The van der Waals surface area contributed by atoms with E-state index in [-0.39, 0.29) is 30.1 Å². The number of imidazole rings is 1. The SMILES string of the molecule is O=C(O)CCCOc1ccc(S(=O)(=O)Nc2ccc(-n3cnc4ccccc43)cc2)cc1F. The summed E-state index contributed by atoms with van der Waals surface area (Å²) in [7, 11) is -4.03. The average molecular weight is 469 g/mol. The summed E-state index contributed by atoms with van der Waals surface area (Å²) in [6.07, 6.45) is 1.80. The third-order valence-electron chi connectivity index (χ3n) is 4.86. The van der Waals surface area contributed by atoms with E-state index in [1.165, 1.54) is 12.1 Å². The van der Waals surface area contributed by atoms with E-state index in [9.17, 15) is 17.6 Å². The van der Waals surface area contributed by atoms with Crippen molar-refractivity contribution in [3.8, 4) is 11.4 Å². The summed E-state index contributed by atoms with van der Waals surface area (Å²) in [5, 5.41) is 8.61. The van der Waals surface area contributed by atoms with Crippen LogP contribution in [0.3, 0.4) is 0 Å². The van der Waals surface area contributed by atoms with Gasteiger partial charge in [0, 0.05) is 17.8 Å². The molecule has 0 saturated heterocycles. The van der Waals surface area contributed by atoms with E-state index < -0.39 is 21.8 Å². The van der Waals surface area contributed by atoms with E-state index in [0.717, 1.165) is 22.8 Å². The fraction of sp³-hybridized carbons (Fsp3) is 0.130. The molecule has 4 aromatic rings. The normalized spacial score (nSPS) is 11.4. The van der Waals surface area contributed by atoms with E-state index in [1.807, 2.05) is 28.8 Å². The molecule has 10 heteroatoms. The summed E-state index contributed by atoms with van der Waals surface area (Å²) in [6.45, 7) is 0.00607. The van der Waals surface area contributed by atoms with Crippen LogP contribution in [0.15, 0.2) is 78.0 Å². The van der Waals surface area contributed by atoms with Crippen LogP contribution in [0.1, 0.15) is 12.8 Å². The molecule has 170 valence electrons. The van der Waals surface area contributed by atoms with Gasteiger partial charge in [-0.25, -0.2) is 17.8 Å². The number of halogens is 1. The minimum atomic E-state index is -4.03. The Hall–Kier alpha value is -3.92. The van der Waals surface area contributed by atoms with Crippen LogP contribution in [-0.4, -0.2) is 35.7 Å². The van der Waals surface area contributed by atoms with Crippen molar-refractivity contribution in [2.45, 2.75) is 17.7 Å². The third-order valence-corrected chi connectivity index (χ3v) is 6.24. The summed E-state index contributed by atoms with van der Waals surface area (Å²) in [5.74, 6) is -1.97. The van der Waals surface area contributed by atoms with Gasteiger partial charge in [-0.05, 0) is 61.0 Å². The van der Waals surface area contributed by atoms with Crippen molar-refractivity contribution in [1.29, 1.82) is 0 Å². The van der Waals surface area contributed by atoms with Gasteiger partial charge < -0.3 is 9.84 Å². The van der Waals surface area contributed by atoms with E-state index in [4.69, 9.17) is 9.84 Å². The van der Waals surface area contributed by atoms with Crippen molar-refractivity contribution in [2.75, 3.05) is 11.3 Å². The molecule has 0 fully saturated rings. The number of carboxylic acid groups (broad SMARTS) is 1. The number of nitrogens with zero attached hydrogens (tertiary/aromatic N) is 2. The predicted octanol–water partition coefficient (Wildman–Crippen LogP) is 4.21. The van der Waals surface area contributed by atoms with Crippen molar-refractivity contribution in [1.82, 2.24) is 9.55 Å². The van der Waals surface area contributed by atoms with Crippen LogP contribution in [0.4, 0.5) is 10.1 Å². The van der Waals surface area contributed by atoms with Crippen LogP contribution in [0.25, 0.3) is 16.7 Å². The summed E-state index contributed by atoms with van der Waals surface area (Å²) in [5.41, 5.74) is 2.89. The topological polar surface area (TPSA) is 111 Å². The third kappa shape index (κ3) is 5.12. The predicted molar refractivity (Wildman–Crippen MR) is 121 cm³/mol. The molecule has 3 aromatic carbocycles. The lowest BCUT2D eigenvalue weighted by atomic mass is 10.2. The van der Waals surface area contributed by atoms with Gasteiger partial charge in [0.25, 0.3) is 10.0 Å². The first-order chi connectivity index (χ1) is 15.8. The van der Waals surface area contributed by atoms with Gasteiger partial charge in [-0.2, -0.15) is 0 Å². The van der Waals surface area contributed by atoms with Crippen molar-refractivity contribution >= 4 is 32.7 Å². The minimum absolute atomic E-state index is 0.00607. The highest BCUT2D eigenvalue weighted by Gasteiger charge is 2.17. The van der Waals surface area contributed by atoms with Gasteiger partial charge in [-0.15, -0.1) is 0 Å². The van der Waals surface area contributed by atoms with Gasteiger partial charge in [0.1, 0.15) is 6.33 Å². The Labute approximate surface area is 189 Å². The molecule has 0 bridgehead atoms. The van der Waals surface area contributed by atoms with Crippen LogP contribution in [0.5, 0.6) is 5.75 Å². The molecule has 0 aliphatic carbocycles. The zero-order valence-electron chi connectivity index (χ0n) is 17.3. The number of aromatic nitrogens is 2. The first-order valence-corrected chi connectivity index (χ1v) is 11.5. The van der Waals surface area contributed by atoms with Gasteiger partial charge in [0.2, 0.25) is 0 Å². The van der Waals surface area contributed by atoms with Crippen LogP contribution in [0, 0.1) is 5.82 Å². The lowest BCUT2D eigenvalue weighted by Gasteiger charge is -2.11. The molecule has 0 amide bonds. The number of rotatable bonds is 9. The molecule has 0 saturated carbocycles. The monoisotopic (exact) mass is 469 g/mol. The zero-order valence-corrected chi connectivity index (χ0v) is 18.1. The molecule has 0 spiro atoms. The maximum atomic E-state index is 14.3. The number of carboxylic acids is 1. The number of aliphatic carboxylic acids is 1. The van der Waals surface area contributed by atoms with Crippen molar-refractivity contribution in [3.63, 3.8) is 0 Å². The lowest BCUT2D eigenvalue weighted by Crippen LogP contribution is -2.13.